The molecule has 0 unspecified atom stereocenters. The molecule has 0 spiro atoms. The van der Waals surface area contributed by atoms with Gasteiger partial charge in [0.2, 0.25) is 10.0 Å². The molecule has 2 heterocycles. The molecule has 1 amide bonds. The summed E-state index contributed by atoms with van der Waals surface area (Å²) in [4.78, 5) is 16.3. The number of carbonyl (C=O) groups is 1. The number of carbonyl (C=O) groups excluding carboxylic acids is 1. The number of nitrogens with zero attached hydrogens (tertiary/aromatic N) is 2. The molecule has 0 saturated carbocycles. The minimum atomic E-state index is -3.20. The zero-order chi connectivity index (χ0) is 16.4. The number of sulfonamides is 1. The number of nitrogens with one attached hydrogen (secondary N) is 1. The van der Waals surface area contributed by atoms with Crippen molar-refractivity contribution in [3.8, 4) is 0 Å². The Morgan fingerprint density at radius 2 is 1.91 bits per heavy atom. The van der Waals surface area contributed by atoms with Gasteiger partial charge in [-0.3, -0.25) is 9.10 Å². The van der Waals surface area contributed by atoms with Gasteiger partial charge in [-0.05, 0) is 49.2 Å². The summed E-state index contributed by atoms with van der Waals surface area (Å²) in [5.41, 5.74) is 2.06. The fourth-order valence-corrected chi connectivity index (χ4v) is 4.00. The topological polar surface area (TPSA) is 79.4 Å². The molecule has 23 heavy (non-hydrogen) atoms. The van der Waals surface area contributed by atoms with E-state index in [1.54, 1.807) is 36.5 Å². The van der Waals surface area contributed by atoms with Crippen molar-refractivity contribution >= 4 is 27.4 Å². The monoisotopic (exact) mass is 331 g/mol. The van der Waals surface area contributed by atoms with Crippen LogP contribution in [0.2, 0.25) is 0 Å². The summed E-state index contributed by atoms with van der Waals surface area (Å²) in [6, 6.07) is 10.1. The summed E-state index contributed by atoms with van der Waals surface area (Å²) < 4.78 is 25.2. The minimum absolute atomic E-state index is 0.175. The smallest absolute Gasteiger partial charge is 0.256 e. The van der Waals surface area contributed by atoms with E-state index in [1.165, 1.54) is 4.31 Å². The standard InChI is InChI=1S/C16H17N3O3S/c1-12-3-8-15(17-11-12)18-16(20)13-4-6-14(7-5-13)19-9-2-10-23(19,21)22/h3-8,11H,2,9-10H2,1H3,(H,17,18,20). The van der Waals surface area contributed by atoms with Crippen LogP contribution in [0.15, 0.2) is 42.6 Å². The largest absolute Gasteiger partial charge is 0.307 e. The van der Waals surface area contributed by atoms with Crippen molar-refractivity contribution in [2.24, 2.45) is 0 Å². The van der Waals surface area contributed by atoms with E-state index >= 15 is 0 Å². The number of hydrogen-bond acceptors (Lipinski definition) is 4. The van der Waals surface area contributed by atoms with Crippen molar-refractivity contribution in [2.75, 3.05) is 21.9 Å². The van der Waals surface area contributed by atoms with Gasteiger partial charge in [0.05, 0.1) is 11.4 Å². The second-order valence-electron chi connectivity index (χ2n) is 5.46. The molecule has 0 radical (unpaired) electrons. The van der Waals surface area contributed by atoms with Gasteiger partial charge in [-0.2, -0.15) is 0 Å². The van der Waals surface area contributed by atoms with E-state index in [-0.39, 0.29) is 11.7 Å². The van der Waals surface area contributed by atoms with E-state index < -0.39 is 10.0 Å². The normalized spacial score (nSPS) is 16.3. The van der Waals surface area contributed by atoms with Crippen LogP contribution in [0.4, 0.5) is 11.5 Å². The first-order chi connectivity index (χ1) is 11.0. The highest BCUT2D eigenvalue weighted by molar-refractivity contribution is 7.93. The molecule has 1 aromatic heterocycles. The number of hydrogen-bond donors (Lipinski definition) is 1. The van der Waals surface area contributed by atoms with E-state index in [9.17, 15) is 13.2 Å². The molecule has 2 aromatic rings. The molecule has 1 fully saturated rings. The molecule has 1 aliphatic heterocycles. The highest BCUT2D eigenvalue weighted by atomic mass is 32.2. The Kier molecular flexibility index (Phi) is 4.04. The van der Waals surface area contributed by atoms with Crippen molar-refractivity contribution < 1.29 is 13.2 Å². The van der Waals surface area contributed by atoms with Gasteiger partial charge < -0.3 is 5.32 Å². The lowest BCUT2D eigenvalue weighted by atomic mass is 10.2. The number of benzene rings is 1. The summed E-state index contributed by atoms with van der Waals surface area (Å²) in [5.74, 6) is 0.373. The van der Waals surface area contributed by atoms with Crippen LogP contribution in [0, 0.1) is 6.92 Å². The van der Waals surface area contributed by atoms with Gasteiger partial charge in [0, 0.05) is 18.3 Å². The van der Waals surface area contributed by atoms with Crippen molar-refractivity contribution in [3.05, 3.63) is 53.7 Å². The number of pyridine rings is 1. The molecule has 0 atom stereocenters. The maximum atomic E-state index is 12.2. The number of aromatic nitrogens is 1. The molecule has 3 rings (SSSR count). The van der Waals surface area contributed by atoms with Gasteiger partial charge in [0.1, 0.15) is 5.82 Å². The fraction of sp³-hybridized carbons (Fsp3) is 0.250. The van der Waals surface area contributed by atoms with Gasteiger partial charge in [-0.15, -0.1) is 0 Å². The van der Waals surface area contributed by atoms with E-state index in [2.05, 4.69) is 10.3 Å². The third-order valence-corrected chi connectivity index (χ3v) is 5.54. The van der Waals surface area contributed by atoms with Gasteiger partial charge in [-0.1, -0.05) is 6.07 Å². The van der Waals surface area contributed by atoms with Gasteiger partial charge >= 0.3 is 0 Å². The Morgan fingerprint density at radius 3 is 2.48 bits per heavy atom. The summed E-state index contributed by atoms with van der Waals surface area (Å²) in [6.07, 6.45) is 2.31. The molecule has 7 heteroatoms. The molecule has 6 nitrogen and oxygen atoms in total. The lowest BCUT2D eigenvalue weighted by molar-refractivity contribution is 0.102. The molecule has 120 valence electrons. The summed E-state index contributed by atoms with van der Waals surface area (Å²) >= 11 is 0. The predicted octanol–water partition coefficient (Wildman–Crippen LogP) is 2.18. The number of aryl methyl sites for hydroxylation is 1. The Hall–Kier alpha value is -2.41. The van der Waals surface area contributed by atoms with Gasteiger partial charge in [0.15, 0.2) is 0 Å². The molecule has 1 N–H and O–H groups in total. The fourth-order valence-electron chi connectivity index (χ4n) is 2.44. The molecular weight excluding hydrogens is 314 g/mol. The van der Waals surface area contributed by atoms with Crippen molar-refractivity contribution in [3.63, 3.8) is 0 Å². The maximum Gasteiger partial charge on any atom is 0.256 e. The third-order valence-electron chi connectivity index (χ3n) is 3.67. The Labute approximate surface area is 135 Å². The SMILES string of the molecule is Cc1ccc(NC(=O)c2ccc(N3CCCS3(=O)=O)cc2)nc1. The lowest BCUT2D eigenvalue weighted by Gasteiger charge is -2.17. The number of rotatable bonds is 3. The predicted molar refractivity (Wildman–Crippen MR) is 89.1 cm³/mol. The molecule has 1 saturated heterocycles. The van der Waals surface area contributed by atoms with Crippen LogP contribution in [0.5, 0.6) is 0 Å². The van der Waals surface area contributed by atoms with Crippen LogP contribution >= 0.6 is 0 Å². The van der Waals surface area contributed by atoms with Crippen LogP contribution in [-0.2, 0) is 10.0 Å². The van der Waals surface area contributed by atoms with Gasteiger partial charge in [-0.25, -0.2) is 13.4 Å². The molecule has 0 bridgehead atoms. The summed E-state index contributed by atoms with van der Waals surface area (Å²) in [7, 11) is -3.20. The Balaban J connectivity index is 1.74. The second kappa shape index (κ2) is 6.00. The first kappa shape index (κ1) is 15.5. The van der Waals surface area contributed by atoms with E-state index in [0.29, 0.717) is 30.0 Å². The molecule has 1 aromatic carbocycles. The highest BCUT2D eigenvalue weighted by Crippen LogP contribution is 2.24. The van der Waals surface area contributed by atoms with E-state index in [0.717, 1.165) is 5.56 Å². The zero-order valence-electron chi connectivity index (χ0n) is 12.7. The van der Waals surface area contributed by atoms with Crippen molar-refractivity contribution in [1.82, 2.24) is 4.98 Å². The first-order valence-corrected chi connectivity index (χ1v) is 8.91. The van der Waals surface area contributed by atoms with Crippen LogP contribution in [0.3, 0.4) is 0 Å². The average molecular weight is 331 g/mol. The average Bonchev–Trinajstić information content (AvgIpc) is 2.89. The van der Waals surface area contributed by atoms with E-state index in [1.807, 2.05) is 13.0 Å². The Morgan fingerprint density at radius 1 is 1.17 bits per heavy atom. The summed E-state index contributed by atoms with van der Waals surface area (Å²) in [6.45, 7) is 2.41. The number of amides is 1. The first-order valence-electron chi connectivity index (χ1n) is 7.30. The van der Waals surface area contributed by atoms with E-state index in [4.69, 9.17) is 0 Å². The van der Waals surface area contributed by atoms with Crippen LogP contribution in [0.25, 0.3) is 0 Å². The minimum Gasteiger partial charge on any atom is -0.307 e. The second-order valence-corrected chi connectivity index (χ2v) is 7.48. The molecule has 1 aliphatic rings. The van der Waals surface area contributed by atoms with Crippen LogP contribution in [-0.4, -0.2) is 31.6 Å². The quantitative estimate of drug-likeness (QED) is 0.935. The number of anilines is 2. The van der Waals surface area contributed by atoms with Gasteiger partial charge in [0.25, 0.3) is 5.91 Å². The van der Waals surface area contributed by atoms with Crippen molar-refractivity contribution in [2.45, 2.75) is 13.3 Å². The lowest BCUT2D eigenvalue weighted by Crippen LogP contribution is -2.25. The van der Waals surface area contributed by atoms with Crippen LogP contribution in [0.1, 0.15) is 22.3 Å². The third kappa shape index (κ3) is 3.34. The Bertz CT molecular complexity index is 815. The summed E-state index contributed by atoms with van der Waals surface area (Å²) in [5, 5.41) is 2.71. The zero-order valence-corrected chi connectivity index (χ0v) is 13.5. The maximum absolute atomic E-state index is 12.2. The van der Waals surface area contributed by atoms with Crippen molar-refractivity contribution in [1.29, 1.82) is 0 Å². The molecular formula is C16H17N3O3S. The molecule has 0 aliphatic carbocycles. The highest BCUT2D eigenvalue weighted by Gasteiger charge is 2.28. The van der Waals surface area contributed by atoms with Crippen LogP contribution < -0.4 is 9.62 Å².